The summed E-state index contributed by atoms with van der Waals surface area (Å²) in [7, 11) is 0. The van der Waals surface area contributed by atoms with E-state index in [1.807, 2.05) is 0 Å². The Hall–Kier alpha value is -1.57. The fourth-order valence-electron chi connectivity index (χ4n) is 2.65. The van der Waals surface area contributed by atoms with E-state index < -0.39 is 5.97 Å². The van der Waals surface area contributed by atoms with Crippen LogP contribution < -0.4 is 0 Å². The first kappa shape index (κ1) is 20.5. The van der Waals surface area contributed by atoms with Crippen LogP contribution in [0.25, 0.3) is 0 Å². The van der Waals surface area contributed by atoms with Crippen molar-refractivity contribution in [2.45, 2.75) is 71.1 Å². The molecule has 1 aliphatic rings. The molecule has 0 saturated heterocycles. The third-order valence-electron chi connectivity index (χ3n) is 4.27. The van der Waals surface area contributed by atoms with Gasteiger partial charge in [-0.05, 0) is 56.8 Å². The number of carboxylic acids is 1. The van der Waals surface area contributed by atoms with Crippen LogP contribution in [0.4, 0.5) is 0 Å². The highest BCUT2D eigenvalue weighted by molar-refractivity contribution is 5.66. The number of carbonyl (C=O) groups is 1. The van der Waals surface area contributed by atoms with Crippen LogP contribution in [0.5, 0.6) is 0 Å². The van der Waals surface area contributed by atoms with Crippen molar-refractivity contribution in [1.82, 2.24) is 0 Å². The maximum atomic E-state index is 10.4. The van der Waals surface area contributed by atoms with Gasteiger partial charge in [-0.2, -0.15) is 0 Å². The molecule has 134 valence electrons. The monoisotopic (exact) mass is 330 g/mol. The van der Waals surface area contributed by atoms with Gasteiger partial charge in [0.15, 0.2) is 0 Å². The molecule has 0 radical (unpaired) electrons. The molecule has 0 heterocycles. The fourth-order valence-corrected chi connectivity index (χ4v) is 2.65. The largest absolute Gasteiger partial charge is 0.481 e. The minimum absolute atomic E-state index is 0.268. The van der Waals surface area contributed by atoms with Crippen LogP contribution in [0.15, 0.2) is 48.6 Å². The minimum Gasteiger partial charge on any atom is -0.481 e. The van der Waals surface area contributed by atoms with Gasteiger partial charge >= 0.3 is 5.97 Å². The molecule has 1 N–H and O–H groups in total. The second-order valence-electron chi connectivity index (χ2n) is 6.62. The number of hydrogen-bond acceptors (Lipinski definition) is 1. The zero-order valence-electron chi connectivity index (χ0n) is 15.2. The Kier molecular flexibility index (Phi) is 11.8. The van der Waals surface area contributed by atoms with E-state index in [2.05, 4.69) is 55.5 Å². The molecule has 2 atom stereocenters. The van der Waals surface area contributed by atoms with Crippen molar-refractivity contribution in [3.63, 3.8) is 0 Å². The van der Waals surface area contributed by atoms with E-state index in [1.165, 1.54) is 32.1 Å². The molecule has 0 amide bonds. The summed E-state index contributed by atoms with van der Waals surface area (Å²) in [6.45, 7) is 2.24. The van der Waals surface area contributed by atoms with E-state index >= 15 is 0 Å². The second-order valence-corrected chi connectivity index (χ2v) is 6.62. The normalized spacial score (nSPS) is 20.9. The zero-order valence-corrected chi connectivity index (χ0v) is 15.2. The summed E-state index contributed by atoms with van der Waals surface area (Å²) in [4.78, 5) is 10.4. The van der Waals surface area contributed by atoms with Gasteiger partial charge in [0, 0.05) is 6.42 Å². The Bertz CT molecular complexity index is 443. The molecule has 1 rings (SSSR count). The number of rotatable bonds is 14. The number of allylic oxidation sites excluding steroid dienone is 8. The first-order valence-corrected chi connectivity index (χ1v) is 9.59. The predicted molar refractivity (Wildman–Crippen MR) is 103 cm³/mol. The van der Waals surface area contributed by atoms with Crippen molar-refractivity contribution in [3.05, 3.63) is 48.6 Å². The van der Waals surface area contributed by atoms with Crippen molar-refractivity contribution >= 4 is 5.97 Å². The Morgan fingerprint density at radius 1 is 0.875 bits per heavy atom. The molecule has 2 heteroatoms. The first-order chi connectivity index (χ1) is 11.7. The molecule has 0 spiro atoms. The number of aliphatic carboxylic acids is 1. The molecule has 0 unspecified atom stereocenters. The molecule has 1 aliphatic carbocycles. The zero-order chi connectivity index (χ0) is 17.5. The summed E-state index contributed by atoms with van der Waals surface area (Å²) in [6, 6.07) is 0. The van der Waals surface area contributed by atoms with Gasteiger partial charge in [-0.25, -0.2) is 0 Å². The van der Waals surface area contributed by atoms with Crippen LogP contribution >= 0.6 is 0 Å². The lowest BCUT2D eigenvalue weighted by Crippen LogP contribution is -1.92. The molecule has 1 saturated carbocycles. The molecule has 2 nitrogen and oxygen atoms in total. The third kappa shape index (κ3) is 11.9. The highest BCUT2D eigenvalue weighted by Gasteiger charge is 2.31. The smallest absolute Gasteiger partial charge is 0.303 e. The van der Waals surface area contributed by atoms with Crippen molar-refractivity contribution < 1.29 is 9.90 Å². The van der Waals surface area contributed by atoms with Gasteiger partial charge in [-0.3, -0.25) is 4.79 Å². The standard InChI is InChI=1S/C22H34O2/c1-2-3-4-5-6-7-10-13-16-20-19-21(20)17-14-11-8-9-12-15-18-22(23)24/h6-9,13-14,16-17,20-21H,2-5,10-12,15,18-19H2,1H3,(H,23,24)/b7-6-,9-8-,16-13-,17-14-/t20-,21-/m1/s1. The van der Waals surface area contributed by atoms with Gasteiger partial charge in [0.2, 0.25) is 0 Å². The maximum absolute atomic E-state index is 10.4. The summed E-state index contributed by atoms with van der Waals surface area (Å²) in [6.07, 6.45) is 28.4. The van der Waals surface area contributed by atoms with E-state index in [9.17, 15) is 4.79 Å². The van der Waals surface area contributed by atoms with Crippen molar-refractivity contribution in [2.75, 3.05) is 0 Å². The van der Waals surface area contributed by atoms with Crippen LogP contribution in [0.3, 0.4) is 0 Å². The molecule has 1 fully saturated rings. The number of unbranched alkanes of at least 4 members (excludes halogenated alkanes) is 4. The van der Waals surface area contributed by atoms with E-state index in [1.54, 1.807) is 0 Å². The summed E-state index contributed by atoms with van der Waals surface area (Å²) < 4.78 is 0. The van der Waals surface area contributed by atoms with Gasteiger partial charge in [0.25, 0.3) is 0 Å². The fraction of sp³-hybridized carbons (Fsp3) is 0.591. The summed E-state index contributed by atoms with van der Waals surface area (Å²) in [5, 5.41) is 8.54. The van der Waals surface area contributed by atoms with Crippen molar-refractivity contribution in [2.24, 2.45) is 11.8 Å². The van der Waals surface area contributed by atoms with Crippen LogP contribution in [-0.2, 0) is 4.79 Å². The van der Waals surface area contributed by atoms with Gasteiger partial charge < -0.3 is 5.11 Å². The molecule has 0 aromatic rings. The maximum Gasteiger partial charge on any atom is 0.303 e. The van der Waals surface area contributed by atoms with Crippen LogP contribution in [0.2, 0.25) is 0 Å². The third-order valence-corrected chi connectivity index (χ3v) is 4.27. The molecule has 0 aliphatic heterocycles. The van der Waals surface area contributed by atoms with Gasteiger partial charge in [-0.15, -0.1) is 0 Å². The Morgan fingerprint density at radius 3 is 2.00 bits per heavy atom. The van der Waals surface area contributed by atoms with E-state index in [0.717, 1.165) is 37.5 Å². The quantitative estimate of drug-likeness (QED) is 0.293. The Morgan fingerprint density at radius 2 is 1.46 bits per heavy atom. The van der Waals surface area contributed by atoms with Gasteiger partial charge in [0.05, 0.1) is 0 Å². The van der Waals surface area contributed by atoms with Crippen molar-refractivity contribution in [1.29, 1.82) is 0 Å². The van der Waals surface area contributed by atoms with E-state index in [4.69, 9.17) is 5.11 Å². The van der Waals surface area contributed by atoms with Crippen LogP contribution in [0, 0.1) is 11.8 Å². The van der Waals surface area contributed by atoms with E-state index in [0.29, 0.717) is 0 Å². The van der Waals surface area contributed by atoms with Crippen molar-refractivity contribution in [3.8, 4) is 0 Å². The average molecular weight is 331 g/mol. The van der Waals surface area contributed by atoms with Gasteiger partial charge in [0.1, 0.15) is 0 Å². The summed E-state index contributed by atoms with van der Waals surface area (Å²) >= 11 is 0. The summed E-state index contributed by atoms with van der Waals surface area (Å²) in [5.74, 6) is 0.771. The summed E-state index contributed by atoms with van der Waals surface area (Å²) in [5.41, 5.74) is 0. The average Bonchev–Trinajstić information content (AvgIpc) is 3.30. The molecule has 0 aromatic carbocycles. The Balaban J connectivity index is 1.98. The number of carboxylic acid groups (broad SMARTS) is 1. The molecular formula is C22H34O2. The predicted octanol–water partition coefficient (Wildman–Crippen LogP) is 6.46. The lowest BCUT2D eigenvalue weighted by molar-refractivity contribution is -0.137. The topological polar surface area (TPSA) is 37.3 Å². The highest BCUT2D eigenvalue weighted by atomic mass is 16.4. The molecular weight excluding hydrogens is 296 g/mol. The molecule has 24 heavy (non-hydrogen) atoms. The lowest BCUT2D eigenvalue weighted by Gasteiger charge is -1.91. The lowest BCUT2D eigenvalue weighted by atomic mass is 10.2. The van der Waals surface area contributed by atoms with Gasteiger partial charge in [-0.1, -0.05) is 68.4 Å². The highest BCUT2D eigenvalue weighted by Crippen LogP contribution is 2.40. The Labute approximate surface area is 148 Å². The first-order valence-electron chi connectivity index (χ1n) is 9.59. The SMILES string of the molecule is CCCCC/C=C\C/C=C\[C@@H]1C[C@H]1/C=C\C/C=C\CCCC(=O)O. The van der Waals surface area contributed by atoms with Crippen LogP contribution in [0.1, 0.15) is 71.1 Å². The molecule has 0 aromatic heterocycles. The second kappa shape index (κ2) is 13.8. The number of hydrogen-bond donors (Lipinski definition) is 1. The van der Waals surface area contributed by atoms with E-state index in [-0.39, 0.29) is 6.42 Å². The van der Waals surface area contributed by atoms with Crippen LogP contribution in [-0.4, -0.2) is 11.1 Å². The minimum atomic E-state index is -0.705. The molecule has 0 bridgehead atoms.